The minimum atomic E-state index is -1.58. The van der Waals surface area contributed by atoms with Gasteiger partial charge in [0, 0.05) is 30.9 Å². The van der Waals surface area contributed by atoms with Crippen LogP contribution < -0.4 is 4.90 Å². The minimum absolute atomic E-state index is 0.300. The van der Waals surface area contributed by atoms with E-state index in [4.69, 9.17) is 4.43 Å². The van der Waals surface area contributed by atoms with E-state index in [0.29, 0.717) is 5.04 Å². The molecule has 0 amide bonds. The molecule has 0 saturated carbocycles. The Morgan fingerprint density at radius 1 is 1.04 bits per heavy atom. The van der Waals surface area contributed by atoms with Gasteiger partial charge >= 0.3 is 0 Å². The van der Waals surface area contributed by atoms with Crippen molar-refractivity contribution >= 4 is 20.3 Å². The van der Waals surface area contributed by atoms with Gasteiger partial charge in [0.05, 0.1) is 0 Å². The van der Waals surface area contributed by atoms with Gasteiger partial charge in [-0.25, -0.2) is 0 Å². The summed E-state index contributed by atoms with van der Waals surface area (Å²) in [6, 6.07) is 7.87. The smallest absolute Gasteiger partial charge is 0.191 e. The second-order valence-electron chi connectivity index (χ2n) is 8.31. The summed E-state index contributed by atoms with van der Waals surface area (Å²) < 4.78 is 6.23. The third kappa shape index (κ3) is 7.33. The van der Waals surface area contributed by atoms with E-state index >= 15 is 0 Å². The third-order valence-corrected chi connectivity index (χ3v) is 9.91. The molecule has 0 N–H and O–H groups in total. The van der Waals surface area contributed by atoms with Gasteiger partial charge < -0.3 is 9.33 Å². The van der Waals surface area contributed by atoms with E-state index in [1.165, 1.54) is 24.9 Å². The van der Waals surface area contributed by atoms with Crippen LogP contribution in [0.2, 0.25) is 18.1 Å². The van der Waals surface area contributed by atoms with Crippen LogP contribution >= 0.6 is 0 Å². The van der Waals surface area contributed by atoms with Crippen LogP contribution in [0, 0.1) is 0 Å². The molecule has 4 heteroatoms. The Labute approximate surface area is 155 Å². The number of benzene rings is 1. The molecule has 1 rings (SSSR count). The van der Waals surface area contributed by atoms with Gasteiger partial charge in [-0.05, 0) is 62.2 Å². The van der Waals surface area contributed by atoms with Crippen LogP contribution in [0.25, 0.3) is 0 Å². The SMILES string of the molecule is CCN(CCCCCCO[Si](C)(C)C(C)(C)C)c1ccc(C=O)cc1. The Morgan fingerprint density at radius 3 is 2.16 bits per heavy atom. The molecule has 0 aliphatic carbocycles. The van der Waals surface area contributed by atoms with Gasteiger partial charge in [0.1, 0.15) is 6.29 Å². The predicted octanol–water partition coefficient (Wildman–Crippen LogP) is 5.91. The fourth-order valence-corrected chi connectivity index (χ4v) is 3.62. The molecule has 142 valence electrons. The lowest BCUT2D eigenvalue weighted by molar-refractivity contribution is 0.112. The monoisotopic (exact) mass is 363 g/mol. The molecule has 0 aromatic heterocycles. The van der Waals surface area contributed by atoms with Crippen molar-refractivity contribution in [1.82, 2.24) is 0 Å². The molecular formula is C21H37NO2Si. The number of rotatable bonds is 11. The van der Waals surface area contributed by atoms with Crippen molar-refractivity contribution in [2.75, 3.05) is 24.6 Å². The van der Waals surface area contributed by atoms with E-state index < -0.39 is 8.32 Å². The Bertz CT molecular complexity index is 506. The van der Waals surface area contributed by atoms with Crippen molar-refractivity contribution in [3.05, 3.63) is 29.8 Å². The van der Waals surface area contributed by atoms with E-state index in [1.54, 1.807) is 0 Å². The molecule has 0 unspecified atom stereocenters. The Balaban J connectivity index is 2.24. The molecule has 3 nitrogen and oxygen atoms in total. The van der Waals surface area contributed by atoms with Gasteiger partial charge in [0.15, 0.2) is 8.32 Å². The summed E-state index contributed by atoms with van der Waals surface area (Å²) in [4.78, 5) is 13.1. The summed E-state index contributed by atoms with van der Waals surface area (Å²) in [6.07, 6.45) is 5.72. The van der Waals surface area contributed by atoms with Crippen molar-refractivity contribution in [3.8, 4) is 0 Å². The molecule has 0 aliphatic heterocycles. The standard InChI is InChI=1S/C21H37NO2Si/c1-7-22(20-14-12-19(18-23)13-15-20)16-10-8-9-11-17-24-25(5,6)21(2,3)4/h12-15,18H,7-11,16-17H2,1-6H3. The first-order valence-corrected chi connectivity index (χ1v) is 12.6. The van der Waals surface area contributed by atoms with Crippen molar-refractivity contribution in [3.63, 3.8) is 0 Å². The highest BCUT2D eigenvalue weighted by molar-refractivity contribution is 6.74. The number of carbonyl (C=O) groups excluding carboxylic acids is 1. The van der Waals surface area contributed by atoms with Crippen LogP contribution in [-0.2, 0) is 4.43 Å². The molecule has 0 bridgehead atoms. The molecule has 0 aliphatic rings. The zero-order valence-corrected chi connectivity index (χ0v) is 18.1. The maximum absolute atomic E-state index is 10.7. The number of hydrogen-bond acceptors (Lipinski definition) is 3. The number of aldehydes is 1. The molecule has 0 fully saturated rings. The number of unbranched alkanes of at least 4 members (excludes halogenated alkanes) is 3. The second kappa shape index (κ2) is 10.1. The van der Waals surface area contributed by atoms with E-state index in [-0.39, 0.29) is 0 Å². The number of hydrogen-bond donors (Lipinski definition) is 0. The van der Waals surface area contributed by atoms with Crippen LogP contribution in [-0.4, -0.2) is 34.3 Å². The summed E-state index contributed by atoms with van der Waals surface area (Å²) in [5.41, 5.74) is 1.94. The first-order chi connectivity index (χ1) is 11.7. The summed E-state index contributed by atoms with van der Waals surface area (Å²) in [6.45, 7) is 16.7. The average Bonchev–Trinajstić information content (AvgIpc) is 2.56. The van der Waals surface area contributed by atoms with Crippen molar-refractivity contribution < 1.29 is 9.22 Å². The van der Waals surface area contributed by atoms with Gasteiger partial charge in [-0.15, -0.1) is 0 Å². The molecule has 25 heavy (non-hydrogen) atoms. The van der Waals surface area contributed by atoms with Gasteiger partial charge in [-0.2, -0.15) is 0 Å². The minimum Gasteiger partial charge on any atom is -0.417 e. The number of carbonyl (C=O) groups is 1. The molecule has 1 aromatic carbocycles. The number of nitrogens with zero attached hydrogens (tertiary/aromatic N) is 1. The largest absolute Gasteiger partial charge is 0.417 e. The van der Waals surface area contributed by atoms with E-state index in [2.05, 4.69) is 45.7 Å². The fourth-order valence-electron chi connectivity index (χ4n) is 2.54. The maximum Gasteiger partial charge on any atom is 0.191 e. The van der Waals surface area contributed by atoms with Crippen molar-refractivity contribution in [1.29, 1.82) is 0 Å². The zero-order valence-electron chi connectivity index (χ0n) is 17.1. The highest BCUT2D eigenvalue weighted by Gasteiger charge is 2.36. The van der Waals surface area contributed by atoms with Crippen LogP contribution in [0.4, 0.5) is 5.69 Å². The van der Waals surface area contributed by atoms with E-state index in [1.807, 2.05) is 24.3 Å². The molecule has 0 heterocycles. The van der Waals surface area contributed by atoms with Crippen LogP contribution in [0.3, 0.4) is 0 Å². The van der Waals surface area contributed by atoms with Crippen molar-refractivity contribution in [2.24, 2.45) is 0 Å². The average molecular weight is 364 g/mol. The van der Waals surface area contributed by atoms with Crippen LogP contribution in [0.5, 0.6) is 0 Å². The third-order valence-electron chi connectivity index (χ3n) is 5.37. The van der Waals surface area contributed by atoms with Gasteiger partial charge in [-0.1, -0.05) is 33.6 Å². The summed E-state index contributed by atoms with van der Waals surface area (Å²) in [7, 11) is -1.58. The summed E-state index contributed by atoms with van der Waals surface area (Å²) >= 11 is 0. The molecule has 0 spiro atoms. The second-order valence-corrected chi connectivity index (χ2v) is 13.1. The molecule has 1 aromatic rings. The molecule has 0 radical (unpaired) electrons. The summed E-state index contributed by atoms with van der Waals surface area (Å²) in [5.74, 6) is 0. The molecule has 0 saturated heterocycles. The molecule has 0 atom stereocenters. The predicted molar refractivity (Wildman–Crippen MR) is 111 cm³/mol. The van der Waals surface area contributed by atoms with Crippen LogP contribution in [0.15, 0.2) is 24.3 Å². The lowest BCUT2D eigenvalue weighted by atomic mass is 10.1. The Hall–Kier alpha value is -1.13. The Morgan fingerprint density at radius 2 is 1.64 bits per heavy atom. The van der Waals surface area contributed by atoms with Gasteiger partial charge in [0.2, 0.25) is 0 Å². The quantitative estimate of drug-likeness (QED) is 0.278. The maximum atomic E-state index is 10.7. The zero-order chi connectivity index (χ0) is 18.9. The normalized spacial score (nSPS) is 12.2. The highest BCUT2D eigenvalue weighted by Crippen LogP contribution is 2.36. The number of anilines is 1. The fraction of sp³-hybridized carbons (Fsp3) is 0.667. The van der Waals surface area contributed by atoms with E-state index in [9.17, 15) is 4.79 Å². The highest BCUT2D eigenvalue weighted by atomic mass is 28.4. The molecular weight excluding hydrogens is 326 g/mol. The topological polar surface area (TPSA) is 29.5 Å². The van der Waals surface area contributed by atoms with Crippen molar-refractivity contribution in [2.45, 2.75) is 71.5 Å². The van der Waals surface area contributed by atoms with Crippen LogP contribution in [0.1, 0.15) is 63.7 Å². The lowest BCUT2D eigenvalue weighted by Crippen LogP contribution is -2.40. The van der Waals surface area contributed by atoms with E-state index in [0.717, 1.165) is 38.0 Å². The summed E-state index contributed by atoms with van der Waals surface area (Å²) in [5, 5.41) is 0.300. The first kappa shape index (κ1) is 21.9. The van der Waals surface area contributed by atoms with Gasteiger partial charge in [0.25, 0.3) is 0 Å². The lowest BCUT2D eigenvalue weighted by Gasteiger charge is -2.36. The first-order valence-electron chi connectivity index (χ1n) is 9.65. The Kier molecular flexibility index (Phi) is 8.87. The van der Waals surface area contributed by atoms with Gasteiger partial charge in [-0.3, -0.25) is 4.79 Å².